The summed E-state index contributed by atoms with van der Waals surface area (Å²) in [5.41, 5.74) is 1.17. The fourth-order valence-corrected chi connectivity index (χ4v) is 2.75. The number of nitrogens with zero attached hydrogens (tertiary/aromatic N) is 1. The van der Waals surface area contributed by atoms with E-state index in [1.807, 2.05) is 29.2 Å². The number of benzene rings is 1. The van der Waals surface area contributed by atoms with Gasteiger partial charge in [-0.3, -0.25) is 4.79 Å². The average Bonchev–Trinajstić information content (AvgIpc) is 2.58. The van der Waals surface area contributed by atoms with Gasteiger partial charge in [-0.25, -0.2) is 0 Å². The Balaban J connectivity index is 1.74. The van der Waals surface area contributed by atoms with Crippen molar-refractivity contribution in [2.24, 2.45) is 5.92 Å². The maximum atomic E-state index is 12.2. The summed E-state index contributed by atoms with van der Waals surface area (Å²) in [4.78, 5) is 14.1. The molecule has 122 valence electrons. The van der Waals surface area contributed by atoms with E-state index in [4.69, 9.17) is 9.84 Å². The highest BCUT2D eigenvalue weighted by Crippen LogP contribution is 2.18. The van der Waals surface area contributed by atoms with Crippen LogP contribution in [0.5, 0.6) is 5.75 Å². The van der Waals surface area contributed by atoms with E-state index in [1.165, 1.54) is 5.56 Å². The number of aliphatic hydroxyl groups is 1. The fraction of sp³-hybridized carbons (Fsp3) is 0.611. The predicted molar refractivity (Wildman–Crippen MR) is 86.9 cm³/mol. The quantitative estimate of drug-likeness (QED) is 0.842. The van der Waals surface area contributed by atoms with Gasteiger partial charge in [0.25, 0.3) is 0 Å². The molecule has 1 aromatic rings. The van der Waals surface area contributed by atoms with Crippen LogP contribution in [0, 0.1) is 5.92 Å². The number of piperidine rings is 1. The molecule has 1 aromatic carbocycles. The topological polar surface area (TPSA) is 49.8 Å². The van der Waals surface area contributed by atoms with Crippen molar-refractivity contribution in [3.63, 3.8) is 0 Å². The Bertz CT molecular complexity index is 450. The van der Waals surface area contributed by atoms with Crippen molar-refractivity contribution in [3.8, 4) is 5.75 Å². The number of carbonyl (C=O) groups is 1. The number of carbonyl (C=O) groups excluding carboxylic acids is 1. The van der Waals surface area contributed by atoms with Gasteiger partial charge in [-0.15, -0.1) is 0 Å². The zero-order valence-corrected chi connectivity index (χ0v) is 13.5. The largest absolute Gasteiger partial charge is 0.494 e. The lowest BCUT2D eigenvalue weighted by Crippen LogP contribution is -2.39. The predicted octanol–water partition coefficient (Wildman–Crippen LogP) is 2.64. The summed E-state index contributed by atoms with van der Waals surface area (Å²) >= 11 is 0. The number of hydrogen-bond acceptors (Lipinski definition) is 3. The lowest BCUT2D eigenvalue weighted by Gasteiger charge is -2.31. The van der Waals surface area contributed by atoms with Gasteiger partial charge >= 0.3 is 0 Å². The Morgan fingerprint density at radius 3 is 2.55 bits per heavy atom. The Kier molecular flexibility index (Phi) is 6.72. The highest BCUT2D eigenvalue weighted by molar-refractivity contribution is 5.76. The average molecular weight is 305 g/mol. The summed E-state index contributed by atoms with van der Waals surface area (Å²) in [5, 5.41) is 9.13. The first-order chi connectivity index (χ1) is 10.7. The number of aryl methyl sites for hydroxylation is 1. The highest BCUT2D eigenvalue weighted by Gasteiger charge is 2.21. The molecule has 0 atom stereocenters. The van der Waals surface area contributed by atoms with Crippen LogP contribution in [0.25, 0.3) is 0 Å². The van der Waals surface area contributed by atoms with Crippen LogP contribution in [-0.4, -0.2) is 42.2 Å². The van der Waals surface area contributed by atoms with Crippen molar-refractivity contribution in [1.82, 2.24) is 4.90 Å². The standard InChI is InChI=1S/C18H27NO3/c1-2-13-22-17-6-3-15(4-7-17)5-8-18(21)19-11-9-16(14-20)10-12-19/h3-4,6-7,16,20H,2,5,8-14H2,1H3. The van der Waals surface area contributed by atoms with Crippen LogP contribution in [-0.2, 0) is 11.2 Å². The number of aliphatic hydroxyl groups excluding tert-OH is 1. The zero-order valence-electron chi connectivity index (χ0n) is 13.5. The first-order valence-electron chi connectivity index (χ1n) is 8.33. The number of rotatable bonds is 7. The van der Waals surface area contributed by atoms with Crippen LogP contribution in [0.2, 0.25) is 0 Å². The van der Waals surface area contributed by atoms with Gasteiger partial charge < -0.3 is 14.7 Å². The van der Waals surface area contributed by atoms with Gasteiger partial charge in [-0.1, -0.05) is 19.1 Å². The van der Waals surface area contributed by atoms with E-state index in [-0.39, 0.29) is 12.5 Å². The lowest BCUT2D eigenvalue weighted by atomic mass is 9.97. The van der Waals surface area contributed by atoms with Crippen molar-refractivity contribution in [2.75, 3.05) is 26.3 Å². The van der Waals surface area contributed by atoms with E-state index in [1.54, 1.807) is 0 Å². The van der Waals surface area contributed by atoms with Crippen LogP contribution in [0.15, 0.2) is 24.3 Å². The van der Waals surface area contributed by atoms with E-state index in [0.29, 0.717) is 12.3 Å². The summed E-state index contributed by atoms with van der Waals surface area (Å²) in [6, 6.07) is 8.02. The second-order valence-electron chi connectivity index (χ2n) is 6.00. The number of likely N-dealkylation sites (tertiary alicyclic amines) is 1. The Morgan fingerprint density at radius 2 is 1.95 bits per heavy atom. The van der Waals surface area contributed by atoms with Gasteiger partial charge in [-0.05, 0) is 49.3 Å². The molecule has 0 aliphatic carbocycles. The van der Waals surface area contributed by atoms with Gasteiger partial charge in [0.05, 0.1) is 6.61 Å². The normalized spacial score (nSPS) is 15.8. The minimum atomic E-state index is 0.225. The number of hydrogen-bond donors (Lipinski definition) is 1. The smallest absolute Gasteiger partial charge is 0.222 e. The van der Waals surface area contributed by atoms with Gasteiger partial charge in [-0.2, -0.15) is 0 Å². The molecule has 22 heavy (non-hydrogen) atoms. The monoisotopic (exact) mass is 305 g/mol. The Hall–Kier alpha value is -1.55. The molecule has 2 rings (SSSR count). The zero-order chi connectivity index (χ0) is 15.8. The molecule has 4 nitrogen and oxygen atoms in total. The molecule has 4 heteroatoms. The Labute approximate surface area is 133 Å². The highest BCUT2D eigenvalue weighted by atomic mass is 16.5. The van der Waals surface area contributed by atoms with Crippen LogP contribution < -0.4 is 4.74 Å². The molecule has 0 saturated carbocycles. The second-order valence-corrected chi connectivity index (χ2v) is 6.00. The molecule has 1 aliphatic rings. The van der Waals surface area contributed by atoms with Crippen molar-refractivity contribution in [1.29, 1.82) is 0 Å². The third kappa shape index (κ3) is 5.02. The van der Waals surface area contributed by atoms with E-state index >= 15 is 0 Å². The van der Waals surface area contributed by atoms with E-state index in [9.17, 15) is 4.79 Å². The second kappa shape index (κ2) is 8.79. The molecule has 1 aliphatic heterocycles. The molecule has 0 radical (unpaired) electrons. The molecule has 1 N–H and O–H groups in total. The summed E-state index contributed by atoms with van der Waals surface area (Å²) in [6.07, 6.45) is 4.17. The first kappa shape index (κ1) is 16.8. The first-order valence-corrected chi connectivity index (χ1v) is 8.33. The summed E-state index contributed by atoms with van der Waals surface area (Å²) < 4.78 is 5.56. The van der Waals surface area contributed by atoms with Crippen molar-refractivity contribution < 1.29 is 14.6 Å². The van der Waals surface area contributed by atoms with Crippen LogP contribution in [0.4, 0.5) is 0 Å². The number of amides is 1. The fourth-order valence-electron chi connectivity index (χ4n) is 2.75. The minimum Gasteiger partial charge on any atom is -0.494 e. The van der Waals surface area contributed by atoms with Crippen LogP contribution in [0.3, 0.4) is 0 Å². The molecule has 0 unspecified atom stereocenters. The van der Waals surface area contributed by atoms with E-state index < -0.39 is 0 Å². The lowest BCUT2D eigenvalue weighted by molar-refractivity contribution is -0.132. The molecule has 1 amide bonds. The van der Waals surface area contributed by atoms with Gasteiger partial charge in [0.1, 0.15) is 5.75 Å². The summed E-state index contributed by atoms with van der Waals surface area (Å²) in [6.45, 7) is 4.64. The van der Waals surface area contributed by atoms with Crippen LogP contribution >= 0.6 is 0 Å². The Morgan fingerprint density at radius 1 is 1.27 bits per heavy atom. The third-order valence-corrected chi connectivity index (χ3v) is 4.25. The maximum Gasteiger partial charge on any atom is 0.222 e. The maximum absolute atomic E-state index is 12.2. The van der Waals surface area contributed by atoms with Gasteiger partial charge in [0, 0.05) is 26.1 Å². The SMILES string of the molecule is CCCOc1ccc(CCC(=O)N2CCC(CO)CC2)cc1. The van der Waals surface area contributed by atoms with Crippen molar-refractivity contribution in [3.05, 3.63) is 29.8 Å². The summed E-state index contributed by atoms with van der Waals surface area (Å²) in [5.74, 6) is 1.49. The molecular weight excluding hydrogens is 278 g/mol. The van der Waals surface area contributed by atoms with Gasteiger partial charge in [0.2, 0.25) is 5.91 Å². The molecule has 1 fully saturated rings. The molecule has 0 aromatic heterocycles. The molecule has 1 heterocycles. The molecule has 0 bridgehead atoms. The van der Waals surface area contributed by atoms with E-state index in [0.717, 1.165) is 51.1 Å². The molecule has 1 saturated heterocycles. The molecular formula is C18H27NO3. The third-order valence-electron chi connectivity index (χ3n) is 4.25. The summed E-state index contributed by atoms with van der Waals surface area (Å²) in [7, 11) is 0. The van der Waals surface area contributed by atoms with E-state index in [2.05, 4.69) is 6.92 Å². The van der Waals surface area contributed by atoms with Crippen molar-refractivity contribution >= 4 is 5.91 Å². The molecule has 0 spiro atoms. The van der Waals surface area contributed by atoms with Crippen LogP contribution in [0.1, 0.15) is 38.2 Å². The van der Waals surface area contributed by atoms with Gasteiger partial charge in [0.15, 0.2) is 0 Å². The minimum absolute atomic E-state index is 0.225. The van der Waals surface area contributed by atoms with Crippen molar-refractivity contribution in [2.45, 2.75) is 39.0 Å². The number of ether oxygens (including phenoxy) is 1.